The Morgan fingerprint density at radius 1 is 0.794 bits per heavy atom. The van der Waals surface area contributed by atoms with Gasteiger partial charge in [0, 0.05) is 49.4 Å². The molecule has 1 aliphatic rings. The number of methoxy groups -OCH3 is 2. The van der Waals surface area contributed by atoms with Gasteiger partial charge in [-0.3, -0.25) is 0 Å². The molecule has 5 rings (SSSR count). The zero-order valence-electron chi connectivity index (χ0n) is 19.1. The fourth-order valence-corrected chi connectivity index (χ4v) is 4.25. The molecule has 1 fully saturated rings. The molecule has 0 radical (unpaired) electrons. The van der Waals surface area contributed by atoms with Crippen molar-refractivity contribution in [3.63, 3.8) is 0 Å². The third kappa shape index (κ3) is 4.04. The number of nitriles is 1. The first-order valence-electron chi connectivity index (χ1n) is 11.0. The van der Waals surface area contributed by atoms with Gasteiger partial charge in [0.15, 0.2) is 11.5 Å². The van der Waals surface area contributed by atoms with Crippen molar-refractivity contribution in [1.82, 2.24) is 15.0 Å². The van der Waals surface area contributed by atoms with Crippen LogP contribution < -0.4 is 19.3 Å². The Bertz CT molecular complexity index is 1340. The SMILES string of the molecule is COc1cc2ncnc(N3CCN(c4ccc(-c5ccc(C#N)cc5)cn4)CC3)c2cc1OC. The van der Waals surface area contributed by atoms with E-state index in [0.717, 1.165) is 59.8 Å². The lowest BCUT2D eigenvalue weighted by Crippen LogP contribution is -2.47. The van der Waals surface area contributed by atoms with Gasteiger partial charge in [-0.25, -0.2) is 15.0 Å². The summed E-state index contributed by atoms with van der Waals surface area (Å²) in [5, 5.41) is 9.92. The van der Waals surface area contributed by atoms with Crippen LogP contribution in [0.25, 0.3) is 22.0 Å². The van der Waals surface area contributed by atoms with E-state index in [1.165, 1.54) is 0 Å². The van der Waals surface area contributed by atoms with Crippen molar-refractivity contribution in [1.29, 1.82) is 5.26 Å². The number of ether oxygens (including phenoxy) is 2. The monoisotopic (exact) mass is 452 g/mol. The van der Waals surface area contributed by atoms with Crippen molar-refractivity contribution in [3.8, 4) is 28.7 Å². The van der Waals surface area contributed by atoms with Crippen LogP contribution in [0.15, 0.2) is 61.1 Å². The molecule has 0 spiro atoms. The van der Waals surface area contributed by atoms with Gasteiger partial charge < -0.3 is 19.3 Å². The predicted octanol–water partition coefficient (Wildman–Crippen LogP) is 3.91. The maximum absolute atomic E-state index is 8.98. The lowest BCUT2D eigenvalue weighted by Gasteiger charge is -2.36. The number of hydrogen-bond acceptors (Lipinski definition) is 8. The lowest BCUT2D eigenvalue weighted by atomic mass is 10.1. The van der Waals surface area contributed by atoms with Crippen molar-refractivity contribution in [2.24, 2.45) is 0 Å². The average molecular weight is 453 g/mol. The first kappa shape index (κ1) is 21.5. The smallest absolute Gasteiger partial charge is 0.162 e. The molecule has 0 unspecified atom stereocenters. The Morgan fingerprint density at radius 2 is 1.47 bits per heavy atom. The Balaban J connectivity index is 1.31. The minimum atomic E-state index is 0.653. The molecule has 3 heterocycles. The first-order valence-corrected chi connectivity index (χ1v) is 11.0. The Labute approximate surface area is 198 Å². The highest BCUT2D eigenvalue weighted by Crippen LogP contribution is 2.35. The molecule has 8 nitrogen and oxygen atoms in total. The number of hydrogen-bond donors (Lipinski definition) is 0. The highest BCUT2D eigenvalue weighted by Gasteiger charge is 2.22. The van der Waals surface area contributed by atoms with E-state index in [1.54, 1.807) is 20.5 Å². The second-order valence-electron chi connectivity index (χ2n) is 7.99. The second-order valence-corrected chi connectivity index (χ2v) is 7.99. The number of fused-ring (bicyclic) bond motifs is 1. The minimum Gasteiger partial charge on any atom is -0.493 e. The Kier molecular flexibility index (Phi) is 5.83. The van der Waals surface area contributed by atoms with Crippen LogP contribution in [-0.2, 0) is 0 Å². The van der Waals surface area contributed by atoms with Crippen LogP contribution in [0.5, 0.6) is 11.5 Å². The third-order valence-corrected chi connectivity index (χ3v) is 6.12. The molecule has 8 heteroatoms. The Morgan fingerprint density at radius 3 is 2.12 bits per heavy atom. The van der Waals surface area contributed by atoms with Crippen LogP contribution in [0.3, 0.4) is 0 Å². The van der Waals surface area contributed by atoms with Crippen LogP contribution in [0.1, 0.15) is 5.56 Å². The molecule has 0 atom stereocenters. The Hall–Kier alpha value is -4.38. The molecule has 2 aromatic carbocycles. The van der Waals surface area contributed by atoms with Crippen LogP contribution in [0.2, 0.25) is 0 Å². The van der Waals surface area contributed by atoms with E-state index in [0.29, 0.717) is 17.1 Å². The van der Waals surface area contributed by atoms with Gasteiger partial charge >= 0.3 is 0 Å². The molecule has 1 saturated heterocycles. The van der Waals surface area contributed by atoms with Crippen LogP contribution >= 0.6 is 0 Å². The van der Waals surface area contributed by atoms with E-state index in [-0.39, 0.29) is 0 Å². The largest absolute Gasteiger partial charge is 0.493 e. The van der Waals surface area contributed by atoms with E-state index in [4.69, 9.17) is 19.7 Å². The third-order valence-electron chi connectivity index (χ3n) is 6.12. The van der Waals surface area contributed by atoms with E-state index in [9.17, 15) is 0 Å². The minimum absolute atomic E-state index is 0.653. The van der Waals surface area contributed by atoms with Gasteiger partial charge in [0.05, 0.1) is 31.4 Å². The van der Waals surface area contributed by atoms with Gasteiger partial charge in [0.25, 0.3) is 0 Å². The molecule has 0 N–H and O–H groups in total. The number of anilines is 2. The molecule has 1 aliphatic heterocycles. The maximum atomic E-state index is 8.98. The zero-order valence-corrected chi connectivity index (χ0v) is 19.1. The van der Waals surface area contributed by atoms with Gasteiger partial charge in [-0.2, -0.15) is 5.26 Å². The summed E-state index contributed by atoms with van der Waals surface area (Å²) in [5.41, 5.74) is 3.56. The fraction of sp³-hybridized carbons (Fsp3) is 0.231. The summed E-state index contributed by atoms with van der Waals surface area (Å²) in [6, 6.07) is 17.7. The fourth-order valence-electron chi connectivity index (χ4n) is 4.25. The molecule has 170 valence electrons. The lowest BCUT2D eigenvalue weighted by molar-refractivity contribution is 0.356. The second kappa shape index (κ2) is 9.24. The zero-order chi connectivity index (χ0) is 23.5. The standard InChI is InChI=1S/C26H24N6O2/c1-33-23-13-21-22(14-24(23)34-2)29-17-30-26(21)32-11-9-31(10-12-32)25-8-7-20(16-28-25)19-5-3-18(15-27)4-6-19/h3-8,13-14,16-17H,9-12H2,1-2H3. The summed E-state index contributed by atoms with van der Waals surface area (Å²) in [4.78, 5) is 18.3. The van der Waals surface area contributed by atoms with Crippen LogP contribution in [0, 0.1) is 11.3 Å². The molecule has 0 aliphatic carbocycles. The molecule has 0 saturated carbocycles. The highest BCUT2D eigenvalue weighted by atomic mass is 16.5. The van der Waals surface area contributed by atoms with Gasteiger partial charge in [0.1, 0.15) is 18.0 Å². The van der Waals surface area contributed by atoms with Crippen molar-refractivity contribution < 1.29 is 9.47 Å². The quantitative estimate of drug-likeness (QED) is 0.451. The summed E-state index contributed by atoms with van der Waals surface area (Å²) < 4.78 is 10.9. The number of aromatic nitrogens is 3. The average Bonchev–Trinajstić information content (AvgIpc) is 2.92. The summed E-state index contributed by atoms with van der Waals surface area (Å²) in [6.45, 7) is 3.31. The molecule has 2 aromatic heterocycles. The van der Waals surface area contributed by atoms with Crippen molar-refractivity contribution in [3.05, 3.63) is 66.6 Å². The normalized spacial score (nSPS) is 13.6. The molecule has 4 aromatic rings. The highest BCUT2D eigenvalue weighted by molar-refractivity contribution is 5.92. The van der Waals surface area contributed by atoms with E-state index in [2.05, 4.69) is 38.0 Å². The summed E-state index contributed by atoms with van der Waals surface area (Å²) in [6.07, 6.45) is 3.49. The number of benzene rings is 2. The predicted molar refractivity (Wildman–Crippen MR) is 131 cm³/mol. The number of piperazine rings is 1. The topological polar surface area (TPSA) is 87.4 Å². The molecule has 34 heavy (non-hydrogen) atoms. The summed E-state index contributed by atoms with van der Waals surface area (Å²) in [5.74, 6) is 3.17. The number of pyridine rings is 1. The number of rotatable bonds is 5. The van der Waals surface area contributed by atoms with E-state index in [1.807, 2.05) is 42.6 Å². The first-order chi connectivity index (χ1) is 16.7. The summed E-state index contributed by atoms with van der Waals surface area (Å²) in [7, 11) is 3.25. The van der Waals surface area contributed by atoms with Gasteiger partial charge in [-0.05, 0) is 35.9 Å². The molecular formula is C26H24N6O2. The van der Waals surface area contributed by atoms with Crippen molar-refractivity contribution >= 4 is 22.5 Å². The summed E-state index contributed by atoms with van der Waals surface area (Å²) >= 11 is 0. The molecule has 0 bridgehead atoms. The molecule has 0 amide bonds. The van der Waals surface area contributed by atoms with Gasteiger partial charge in [-0.1, -0.05) is 12.1 Å². The number of nitrogens with zero attached hydrogens (tertiary/aromatic N) is 6. The van der Waals surface area contributed by atoms with Crippen molar-refractivity contribution in [2.45, 2.75) is 0 Å². The van der Waals surface area contributed by atoms with Crippen molar-refractivity contribution in [2.75, 3.05) is 50.2 Å². The van der Waals surface area contributed by atoms with E-state index >= 15 is 0 Å². The van der Waals surface area contributed by atoms with Gasteiger partial charge in [0.2, 0.25) is 0 Å². The van der Waals surface area contributed by atoms with E-state index < -0.39 is 0 Å². The maximum Gasteiger partial charge on any atom is 0.162 e. The van der Waals surface area contributed by atoms with Gasteiger partial charge in [-0.15, -0.1) is 0 Å². The van der Waals surface area contributed by atoms with Crippen LogP contribution in [-0.4, -0.2) is 55.4 Å². The van der Waals surface area contributed by atoms with Crippen LogP contribution in [0.4, 0.5) is 11.6 Å². The molecular weight excluding hydrogens is 428 g/mol.